The molecule has 1 aromatic carbocycles. The Bertz CT molecular complexity index is 1170. The second-order valence-electron chi connectivity index (χ2n) is 6.48. The van der Waals surface area contributed by atoms with Crippen molar-refractivity contribution in [3.8, 4) is 22.1 Å². The van der Waals surface area contributed by atoms with Crippen molar-refractivity contribution in [1.82, 2.24) is 9.97 Å². The van der Waals surface area contributed by atoms with Gasteiger partial charge in [0.2, 0.25) is 0 Å². The van der Waals surface area contributed by atoms with Gasteiger partial charge in [-0.05, 0) is 30.3 Å². The Kier molecular flexibility index (Phi) is 4.81. The van der Waals surface area contributed by atoms with E-state index < -0.39 is 0 Å². The summed E-state index contributed by atoms with van der Waals surface area (Å²) < 4.78 is 18.0. The molecule has 1 saturated heterocycles. The van der Waals surface area contributed by atoms with E-state index in [4.69, 9.17) is 31.5 Å². The third-order valence-electron chi connectivity index (χ3n) is 4.48. The standard InChI is InChI=1S/C21H16ClN3O3S/c22-14-9-13(23)2-4-17(14)28-18-5-6-24-16-10-19(29-20(16)18)15-3-1-12(11-25-15)21-26-7-8-27-21/h1-6,9-11,21H,7-8,23H2. The molecule has 5 rings (SSSR count). The maximum atomic E-state index is 6.25. The number of nitrogen functional groups attached to an aromatic ring is 1. The number of rotatable bonds is 4. The molecule has 0 bridgehead atoms. The molecule has 1 fully saturated rings. The lowest BCUT2D eigenvalue weighted by Gasteiger charge is -2.09. The minimum Gasteiger partial charge on any atom is -0.454 e. The zero-order valence-electron chi connectivity index (χ0n) is 15.2. The van der Waals surface area contributed by atoms with Crippen LogP contribution in [0.5, 0.6) is 11.5 Å². The predicted octanol–water partition coefficient (Wildman–Crippen LogP) is 5.43. The maximum absolute atomic E-state index is 6.25. The van der Waals surface area contributed by atoms with Crippen LogP contribution in [0.1, 0.15) is 11.9 Å². The first-order chi connectivity index (χ1) is 14.2. The highest BCUT2D eigenvalue weighted by Crippen LogP contribution is 2.40. The average Bonchev–Trinajstić information content (AvgIpc) is 3.40. The molecular formula is C21H16ClN3O3S. The molecule has 8 heteroatoms. The van der Waals surface area contributed by atoms with E-state index in [1.807, 2.05) is 24.3 Å². The summed E-state index contributed by atoms with van der Waals surface area (Å²) in [7, 11) is 0. The van der Waals surface area contributed by atoms with Crippen LogP contribution in [0, 0.1) is 0 Å². The average molecular weight is 426 g/mol. The van der Waals surface area contributed by atoms with Gasteiger partial charge in [-0.1, -0.05) is 17.7 Å². The number of anilines is 1. The van der Waals surface area contributed by atoms with Gasteiger partial charge in [-0.15, -0.1) is 11.3 Å². The van der Waals surface area contributed by atoms with Gasteiger partial charge in [0.1, 0.15) is 11.5 Å². The molecule has 29 heavy (non-hydrogen) atoms. The first-order valence-corrected chi connectivity index (χ1v) is 10.2. The minimum atomic E-state index is -0.328. The summed E-state index contributed by atoms with van der Waals surface area (Å²) in [5.41, 5.74) is 8.94. The van der Waals surface area contributed by atoms with Gasteiger partial charge in [0.25, 0.3) is 0 Å². The Labute approximate surface area is 175 Å². The summed E-state index contributed by atoms with van der Waals surface area (Å²) in [6.07, 6.45) is 3.17. The van der Waals surface area contributed by atoms with Crippen LogP contribution in [0.4, 0.5) is 5.69 Å². The molecule has 6 nitrogen and oxygen atoms in total. The van der Waals surface area contributed by atoms with Crippen molar-refractivity contribution in [3.63, 3.8) is 0 Å². The highest BCUT2D eigenvalue weighted by Gasteiger charge is 2.19. The molecule has 0 amide bonds. The van der Waals surface area contributed by atoms with E-state index in [-0.39, 0.29) is 6.29 Å². The lowest BCUT2D eigenvalue weighted by atomic mass is 10.2. The fourth-order valence-electron chi connectivity index (χ4n) is 3.08. The predicted molar refractivity (Wildman–Crippen MR) is 113 cm³/mol. The van der Waals surface area contributed by atoms with Crippen molar-refractivity contribution < 1.29 is 14.2 Å². The molecule has 4 heterocycles. The van der Waals surface area contributed by atoms with E-state index in [2.05, 4.69) is 9.97 Å². The fraction of sp³-hybridized carbons (Fsp3) is 0.143. The van der Waals surface area contributed by atoms with Gasteiger partial charge in [-0.25, -0.2) is 0 Å². The molecule has 0 atom stereocenters. The van der Waals surface area contributed by atoms with Crippen LogP contribution in [0.3, 0.4) is 0 Å². The fourth-order valence-corrected chi connectivity index (χ4v) is 4.35. The lowest BCUT2D eigenvalue weighted by molar-refractivity contribution is -0.0443. The number of nitrogens with zero attached hydrogens (tertiary/aromatic N) is 2. The van der Waals surface area contributed by atoms with Crippen LogP contribution in [0.25, 0.3) is 20.8 Å². The molecule has 0 saturated carbocycles. The smallest absolute Gasteiger partial charge is 0.185 e. The second-order valence-corrected chi connectivity index (χ2v) is 7.94. The Morgan fingerprint density at radius 2 is 1.90 bits per heavy atom. The number of pyridine rings is 2. The Morgan fingerprint density at radius 1 is 1.03 bits per heavy atom. The maximum Gasteiger partial charge on any atom is 0.185 e. The summed E-state index contributed by atoms with van der Waals surface area (Å²) in [6.45, 7) is 1.21. The van der Waals surface area contributed by atoms with E-state index in [0.717, 1.165) is 26.4 Å². The zero-order valence-corrected chi connectivity index (χ0v) is 16.7. The number of aromatic nitrogens is 2. The van der Waals surface area contributed by atoms with Crippen LogP contribution in [-0.2, 0) is 9.47 Å². The summed E-state index contributed by atoms with van der Waals surface area (Å²) in [5.74, 6) is 1.23. The largest absolute Gasteiger partial charge is 0.454 e. The second kappa shape index (κ2) is 7.61. The number of fused-ring (bicyclic) bond motifs is 1. The summed E-state index contributed by atoms with van der Waals surface area (Å²) in [6, 6.07) is 12.9. The SMILES string of the molecule is Nc1ccc(Oc2ccnc3cc(-c4ccc(C5OCCO5)cn4)sc23)c(Cl)c1. The quantitative estimate of drug-likeness (QED) is 0.439. The molecule has 3 aromatic heterocycles. The van der Waals surface area contributed by atoms with Crippen LogP contribution in [-0.4, -0.2) is 23.2 Å². The third kappa shape index (κ3) is 3.65. The number of nitrogens with two attached hydrogens (primary N) is 1. The summed E-state index contributed by atoms with van der Waals surface area (Å²) in [4.78, 5) is 10.0. The number of thiophene rings is 1. The van der Waals surface area contributed by atoms with E-state index in [1.54, 1.807) is 41.9 Å². The van der Waals surface area contributed by atoms with Gasteiger partial charge in [-0.3, -0.25) is 9.97 Å². The molecule has 146 valence electrons. The number of ether oxygens (including phenoxy) is 3. The highest BCUT2D eigenvalue weighted by atomic mass is 35.5. The molecule has 0 unspecified atom stereocenters. The van der Waals surface area contributed by atoms with E-state index in [9.17, 15) is 0 Å². The van der Waals surface area contributed by atoms with Gasteiger partial charge in [0.15, 0.2) is 6.29 Å². The Morgan fingerprint density at radius 3 is 2.66 bits per heavy atom. The van der Waals surface area contributed by atoms with Gasteiger partial charge in [0, 0.05) is 29.7 Å². The molecule has 0 aliphatic carbocycles. The van der Waals surface area contributed by atoms with Gasteiger partial charge in [-0.2, -0.15) is 0 Å². The zero-order chi connectivity index (χ0) is 19.8. The molecule has 4 aromatic rings. The van der Waals surface area contributed by atoms with Crippen LogP contribution in [0.15, 0.2) is 54.9 Å². The van der Waals surface area contributed by atoms with Crippen molar-refractivity contribution >= 4 is 38.8 Å². The third-order valence-corrected chi connectivity index (χ3v) is 5.94. The van der Waals surface area contributed by atoms with Crippen LogP contribution in [0.2, 0.25) is 5.02 Å². The topological polar surface area (TPSA) is 79.5 Å². The summed E-state index contributed by atoms with van der Waals surface area (Å²) >= 11 is 7.82. The number of hydrogen-bond donors (Lipinski definition) is 1. The molecule has 1 aliphatic heterocycles. The summed E-state index contributed by atoms with van der Waals surface area (Å²) in [5, 5.41) is 0.459. The normalized spacial score (nSPS) is 14.5. The number of hydrogen-bond acceptors (Lipinski definition) is 7. The van der Waals surface area contributed by atoms with Crippen molar-refractivity contribution in [3.05, 3.63) is 65.4 Å². The minimum absolute atomic E-state index is 0.328. The van der Waals surface area contributed by atoms with Gasteiger partial charge in [0.05, 0.1) is 39.0 Å². The van der Waals surface area contributed by atoms with Crippen molar-refractivity contribution in [2.75, 3.05) is 18.9 Å². The Balaban J connectivity index is 1.46. The lowest BCUT2D eigenvalue weighted by Crippen LogP contribution is -1.98. The molecule has 2 N–H and O–H groups in total. The van der Waals surface area contributed by atoms with Crippen LogP contribution < -0.4 is 10.5 Å². The van der Waals surface area contributed by atoms with Crippen molar-refractivity contribution in [1.29, 1.82) is 0 Å². The van der Waals surface area contributed by atoms with Crippen molar-refractivity contribution in [2.45, 2.75) is 6.29 Å². The molecule has 0 spiro atoms. The van der Waals surface area contributed by atoms with E-state index in [0.29, 0.717) is 35.4 Å². The first kappa shape index (κ1) is 18.3. The monoisotopic (exact) mass is 425 g/mol. The van der Waals surface area contributed by atoms with Gasteiger partial charge >= 0.3 is 0 Å². The van der Waals surface area contributed by atoms with Gasteiger partial charge < -0.3 is 19.9 Å². The van der Waals surface area contributed by atoms with Crippen molar-refractivity contribution in [2.24, 2.45) is 0 Å². The highest BCUT2D eigenvalue weighted by molar-refractivity contribution is 7.22. The van der Waals surface area contributed by atoms with Crippen LogP contribution >= 0.6 is 22.9 Å². The van der Waals surface area contributed by atoms with E-state index in [1.165, 1.54) is 0 Å². The molecule has 0 radical (unpaired) electrons. The number of halogens is 1. The first-order valence-electron chi connectivity index (χ1n) is 8.98. The molecular weight excluding hydrogens is 410 g/mol. The van der Waals surface area contributed by atoms with E-state index >= 15 is 0 Å². The Hall–Kier alpha value is -2.71. The number of benzene rings is 1. The molecule has 1 aliphatic rings.